The van der Waals surface area contributed by atoms with Gasteiger partial charge in [-0.05, 0) is 17.7 Å². The van der Waals surface area contributed by atoms with E-state index in [1.54, 1.807) is 10.9 Å². The summed E-state index contributed by atoms with van der Waals surface area (Å²) in [5.41, 5.74) is 3.55. The van der Waals surface area contributed by atoms with Crippen LogP contribution in [0.2, 0.25) is 0 Å². The highest BCUT2D eigenvalue weighted by molar-refractivity contribution is 5.39. The molecule has 0 fully saturated rings. The predicted octanol–water partition coefficient (Wildman–Crippen LogP) is 3.33. The van der Waals surface area contributed by atoms with Gasteiger partial charge in [-0.15, -0.1) is 0 Å². The van der Waals surface area contributed by atoms with Crippen LogP contribution in [0.15, 0.2) is 66.9 Å². The molecule has 3 heteroatoms. The fourth-order valence-electron chi connectivity index (χ4n) is 2.14. The molecular formula is C17H13N3. The Labute approximate surface area is 117 Å². The normalized spacial score (nSPS) is 10.2. The summed E-state index contributed by atoms with van der Waals surface area (Å²) < 4.78 is 1.76. The van der Waals surface area contributed by atoms with E-state index in [4.69, 9.17) is 0 Å². The van der Waals surface area contributed by atoms with E-state index < -0.39 is 0 Å². The summed E-state index contributed by atoms with van der Waals surface area (Å²) in [5.74, 6) is 0. The molecule has 2 aromatic carbocycles. The van der Waals surface area contributed by atoms with Gasteiger partial charge >= 0.3 is 0 Å². The average Bonchev–Trinajstić information content (AvgIpc) is 2.92. The monoisotopic (exact) mass is 259 g/mol. The second-order valence-electron chi connectivity index (χ2n) is 4.54. The summed E-state index contributed by atoms with van der Waals surface area (Å²) in [7, 11) is 0. The summed E-state index contributed by atoms with van der Waals surface area (Å²) in [6, 6.07) is 22.1. The molecule has 0 aliphatic heterocycles. The molecule has 0 aliphatic rings. The highest BCUT2D eigenvalue weighted by Crippen LogP contribution is 2.15. The fraction of sp³-hybridized carbons (Fsp3) is 0.0588. The van der Waals surface area contributed by atoms with Gasteiger partial charge in [0.05, 0.1) is 16.9 Å². The van der Waals surface area contributed by atoms with Crippen LogP contribution < -0.4 is 0 Å². The van der Waals surface area contributed by atoms with Crippen LogP contribution in [0.1, 0.15) is 16.8 Å². The van der Waals surface area contributed by atoms with Crippen molar-refractivity contribution in [3.63, 3.8) is 0 Å². The first-order valence-electron chi connectivity index (χ1n) is 6.45. The van der Waals surface area contributed by atoms with Gasteiger partial charge < -0.3 is 0 Å². The molecule has 20 heavy (non-hydrogen) atoms. The Morgan fingerprint density at radius 1 is 0.950 bits per heavy atom. The molecule has 0 bridgehead atoms. The molecule has 0 atom stereocenters. The van der Waals surface area contributed by atoms with E-state index in [1.807, 2.05) is 60.7 Å². The maximum Gasteiger partial charge on any atom is 0.103 e. The van der Waals surface area contributed by atoms with Crippen LogP contribution in [0.25, 0.3) is 5.69 Å². The number of rotatable bonds is 3. The average molecular weight is 259 g/mol. The van der Waals surface area contributed by atoms with Crippen molar-refractivity contribution in [2.75, 3.05) is 0 Å². The van der Waals surface area contributed by atoms with Gasteiger partial charge in [0.2, 0.25) is 0 Å². The third-order valence-corrected chi connectivity index (χ3v) is 3.15. The zero-order valence-electron chi connectivity index (χ0n) is 10.9. The Morgan fingerprint density at radius 2 is 1.60 bits per heavy atom. The molecule has 3 nitrogen and oxygen atoms in total. The van der Waals surface area contributed by atoms with Crippen LogP contribution in [0.3, 0.4) is 0 Å². The Bertz CT molecular complexity index is 737. The maximum atomic E-state index is 9.25. The van der Waals surface area contributed by atoms with Gasteiger partial charge in [-0.25, -0.2) is 4.68 Å². The lowest BCUT2D eigenvalue weighted by atomic mass is 10.1. The van der Waals surface area contributed by atoms with Crippen molar-refractivity contribution in [3.05, 3.63) is 83.7 Å². The molecule has 3 rings (SSSR count). The minimum Gasteiger partial charge on any atom is -0.239 e. The summed E-state index contributed by atoms with van der Waals surface area (Å²) in [6.45, 7) is 0. The highest BCUT2D eigenvalue weighted by atomic mass is 15.3. The lowest BCUT2D eigenvalue weighted by molar-refractivity contribution is 0.848. The fourth-order valence-corrected chi connectivity index (χ4v) is 2.14. The lowest BCUT2D eigenvalue weighted by Crippen LogP contribution is -1.96. The van der Waals surface area contributed by atoms with E-state index in [0.29, 0.717) is 12.0 Å². The molecule has 0 saturated carbocycles. The van der Waals surface area contributed by atoms with Crippen molar-refractivity contribution >= 4 is 0 Å². The Balaban J connectivity index is 1.96. The van der Waals surface area contributed by atoms with Gasteiger partial charge in [-0.1, -0.05) is 48.5 Å². The van der Waals surface area contributed by atoms with E-state index in [2.05, 4.69) is 11.2 Å². The number of para-hydroxylation sites is 1. The molecule has 0 spiro atoms. The van der Waals surface area contributed by atoms with Crippen molar-refractivity contribution in [2.24, 2.45) is 0 Å². The first-order valence-corrected chi connectivity index (χ1v) is 6.45. The number of nitriles is 1. The van der Waals surface area contributed by atoms with Gasteiger partial charge in [-0.2, -0.15) is 10.4 Å². The largest absolute Gasteiger partial charge is 0.239 e. The first-order chi connectivity index (χ1) is 9.86. The second kappa shape index (κ2) is 5.41. The van der Waals surface area contributed by atoms with E-state index in [0.717, 1.165) is 16.9 Å². The SMILES string of the molecule is N#Cc1cn(-c2ccccc2)nc1Cc1ccccc1. The second-order valence-corrected chi connectivity index (χ2v) is 4.54. The number of aromatic nitrogens is 2. The topological polar surface area (TPSA) is 41.6 Å². The smallest absolute Gasteiger partial charge is 0.103 e. The molecule has 96 valence electrons. The van der Waals surface area contributed by atoms with Crippen molar-refractivity contribution in [2.45, 2.75) is 6.42 Å². The molecule has 1 aromatic heterocycles. The van der Waals surface area contributed by atoms with E-state index in [-0.39, 0.29) is 0 Å². The van der Waals surface area contributed by atoms with E-state index in [1.165, 1.54) is 0 Å². The molecule has 0 saturated heterocycles. The molecule has 1 heterocycles. The Kier molecular flexibility index (Phi) is 3.30. The third kappa shape index (κ3) is 2.45. The molecule has 0 amide bonds. The molecule has 0 aliphatic carbocycles. The number of benzene rings is 2. The zero-order valence-corrected chi connectivity index (χ0v) is 10.9. The first kappa shape index (κ1) is 12.2. The number of nitrogens with zero attached hydrogens (tertiary/aromatic N) is 3. The van der Waals surface area contributed by atoms with Crippen molar-refractivity contribution < 1.29 is 0 Å². The van der Waals surface area contributed by atoms with E-state index in [9.17, 15) is 5.26 Å². The van der Waals surface area contributed by atoms with Gasteiger partial charge in [-0.3, -0.25) is 0 Å². The number of hydrogen-bond donors (Lipinski definition) is 0. The van der Waals surface area contributed by atoms with Gasteiger partial charge in [0.15, 0.2) is 0 Å². The minimum atomic E-state index is 0.623. The predicted molar refractivity (Wildman–Crippen MR) is 77.5 cm³/mol. The number of hydrogen-bond acceptors (Lipinski definition) is 2. The quantitative estimate of drug-likeness (QED) is 0.724. The Morgan fingerprint density at radius 3 is 2.25 bits per heavy atom. The van der Waals surface area contributed by atoms with Crippen LogP contribution in [0.4, 0.5) is 0 Å². The zero-order chi connectivity index (χ0) is 13.8. The third-order valence-electron chi connectivity index (χ3n) is 3.15. The van der Waals surface area contributed by atoms with Gasteiger partial charge in [0.1, 0.15) is 6.07 Å². The molecule has 0 N–H and O–H groups in total. The summed E-state index contributed by atoms with van der Waals surface area (Å²) >= 11 is 0. The van der Waals surface area contributed by atoms with Crippen LogP contribution >= 0.6 is 0 Å². The van der Waals surface area contributed by atoms with Crippen LogP contribution in [0.5, 0.6) is 0 Å². The van der Waals surface area contributed by atoms with Gasteiger partial charge in [0.25, 0.3) is 0 Å². The Hall–Kier alpha value is -2.86. The molecular weight excluding hydrogens is 246 g/mol. The van der Waals surface area contributed by atoms with E-state index >= 15 is 0 Å². The lowest BCUT2D eigenvalue weighted by Gasteiger charge is -2.00. The standard InChI is InChI=1S/C17H13N3/c18-12-15-13-20(16-9-5-2-6-10-16)19-17(15)11-14-7-3-1-4-8-14/h1-10,13H,11H2. The van der Waals surface area contributed by atoms with Crippen molar-refractivity contribution in [3.8, 4) is 11.8 Å². The van der Waals surface area contributed by atoms with Gasteiger partial charge in [0, 0.05) is 12.6 Å². The molecule has 3 aromatic rings. The van der Waals surface area contributed by atoms with Crippen molar-refractivity contribution in [1.82, 2.24) is 9.78 Å². The minimum absolute atomic E-state index is 0.623. The summed E-state index contributed by atoms with van der Waals surface area (Å²) in [5, 5.41) is 13.8. The summed E-state index contributed by atoms with van der Waals surface area (Å²) in [4.78, 5) is 0. The summed E-state index contributed by atoms with van der Waals surface area (Å²) in [6.07, 6.45) is 2.46. The molecule has 0 radical (unpaired) electrons. The van der Waals surface area contributed by atoms with Crippen molar-refractivity contribution in [1.29, 1.82) is 5.26 Å². The van der Waals surface area contributed by atoms with Crippen LogP contribution in [0, 0.1) is 11.3 Å². The van der Waals surface area contributed by atoms with Crippen LogP contribution in [-0.2, 0) is 6.42 Å². The highest BCUT2D eigenvalue weighted by Gasteiger charge is 2.10. The molecule has 0 unspecified atom stereocenters. The maximum absolute atomic E-state index is 9.25. The van der Waals surface area contributed by atoms with Crippen LogP contribution in [-0.4, -0.2) is 9.78 Å².